The largest absolute Gasteiger partial charge is 0.475 e. The van der Waals surface area contributed by atoms with Crippen LogP contribution in [0.25, 0.3) is 0 Å². The first kappa shape index (κ1) is 15.8. The lowest BCUT2D eigenvalue weighted by atomic mass is 10.2. The zero-order chi connectivity index (χ0) is 15.4. The molecule has 0 unspecified atom stereocenters. The first-order valence-electron chi connectivity index (χ1n) is 6.44. The molecular weight excluding hydrogens is 306 g/mol. The van der Waals surface area contributed by atoms with Gasteiger partial charge in [-0.25, -0.2) is 9.97 Å². The van der Waals surface area contributed by atoms with Crippen molar-refractivity contribution in [3.8, 4) is 5.88 Å². The molecule has 0 aliphatic rings. The summed E-state index contributed by atoms with van der Waals surface area (Å²) in [6.45, 7) is 5.73. The molecule has 7 heteroatoms. The lowest BCUT2D eigenvalue weighted by Crippen LogP contribution is -2.14. The maximum atomic E-state index is 12.3. The van der Waals surface area contributed by atoms with Crippen molar-refractivity contribution in [1.29, 1.82) is 0 Å². The molecule has 2 aromatic heterocycles. The number of aromatic nitrogens is 2. The molecule has 21 heavy (non-hydrogen) atoms. The van der Waals surface area contributed by atoms with E-state index in [1.165, 1.54) is 23.1 Å². The predicted molar refractivity (Wildman–Crippen MR) is 86.6 cm³/mol. The second-order valence-electron chi connectivity index (χ2n) is 4.65. The molecule has 0 aliphatic carbocycles. The number of amides is 1. The molecule has 2 heterocycles. The second kappa shape index (κ2) is 6.91. The van der Waals surface area contributed by atoms with Crippen LogP contribution in [0.2, 0.25) is 0 Å². The normalized spacial score (nSPS) is 10.7. The van der Waals surface area contributed by atoms with Gasteiger partial charge >= 0.3 is 0 Å². The van der Waals surface area contributed by atoms with Gasteiger partial charge in [-0.3, -0.25) is 10.1 Å². The maximum absolute atomic E-state index is 12.3. The summed E-state index contributed by atoms with van der Waals surface area (Å²) >= 11 is 2.87. The van der Waals surface area contributed by atoms with Crippen LogP contribution in [0.15, 0.2) is 22.5 Å². The van der Waals surface area contributed by atoms with Gasteiger partial charge in [-0.15, -0.1) is 23.1 Å². The molecule has 2 aromatic rings. The van der Waals surface area contributed by atoms with Gasteiger partial charge in [-0.1, -0.05) is 0 Å². The van der Waals surface area contributed by atoms with Crippen LogP contribution in [0.3, 0.4) is 0 Å². The van der Waals surface area contributed by atoms with Crippen molar-refractivity contribution in [2.24, 2.45) is 0 Å². The van der Waals surface area contributed by atoms with Gasteiger partial charge in [0, 0.05) is 17.0 Å². The molecule has 0 saturated carbocycles. The third kappa shape index (κ3) is 4.44. The van der Waals surface area contributed by atoms with E-state index in [0.29, 0.717) is 16.6 Å². The van der Waals surface area contributed by atoms with Gasteiger partial charge in [0.2, 0.25) is 5.88 Å². The number of thiazole rings is 1. The van der Waals surface area contributed by atoms with E-state index >= 15 is 0 Å². The number of pyridine rings is 1. The number of hydrogen-bond acceptors (Lipinski definition) is 6. The Morgan fingerprint density at radius 2 is 2.14 bits per heavy atom. The highest BCUT2D eigenvalue weighted by atomic mass is 32.2. The molecule has 2 rings (SSSR count). The predicted octanol–water partition coefficient (Wildman–Crippen LogP) is 3.61. The molecule has 0 aliphatic heterocycles. The molecule has 0 atom stereocenters. The minimum Gasteiger partial charge on any atom is -0.475 e. The molecular formula is C14H17N3O2S2. The molecule has 0 bridgehead atoms. The van der Waals surface area contributed by atoms with Crippen molar-refractivity contribution in [1.82, 2.24) is 9.97 Å². The van der Waals surface area contributed by atoms with E-state index in [4.69, 9.17) is 4.74 Å². The van der Waals surface area contributed by atoms with Gasteiger partial charge in [-0.05, 0) is 33.1 Å². The summed E-state index contributed by atoms with van der Waals surface area (Å²) in [4.78, 5) is 20.8. The van der Waals surface area contributed by atoms with E-state index < -0.39 is 0 Å². The van der Waals surface area contributed by atoms with E-state index in [1.54, 1.807) is 12.1 Å². The Morgan fingerprint density at radius 1 is 1.38 bits per heavy atom. The Labute approximate surface area is 132 Å². The number of nitrogens with zero attached hydrogens (tertiary/aromatic N) is 2. The first-order valence-corrected chi connectivity index (χ1v) is 8.54. The Balaban J connectivity index is 2.22. The van der Waals surface area contributed by atoms with Crippen molar-refractivity contribution in [2.45, 2.75) is 31.9 Å². The fraction of sp³-hybridized carbons (Fsp3) is 0.357. The first-order chi connectivity index (χ1) is 9.97. The lowest BCUT2D eigenvalue weighted by molar-refractivity contribution is 0.102. The number of ether oxygens (including phenoxy) is 1. The number of anilines is 1. The van der Waals surface area contributed by atoms with E-state index in [0.717, 1.165) is 10.7 Å². The zero-order valence-corrected chi connectivity index (χ0v) is 14.0. The molecule has 0 radical (unpaired) electrons. The van der Waals surface area contributed by atoms with Crippen molar-refractivity contribution in [2.75, 3.05) is 11.6 Å². The van der Waals surface area contributed by atoms with Crippen LogP contribution < -0.4 is 10.1 Å². The Bertz CT molecular complexity index is 641. The molecule has 1 N–H and O–H groups in total. The molecule has 1 amide bonds. The summed E-state index contributed by atoms with van der Waals surface area (Å²) in [5.41, 5.74) is 1.40. The molecule has 0 aromatic carbocycles. The SMILES string of the molecule is CSc1cc(C(=O)Nc2nc(C)cs2)cc(OC(C)C)n1. The smallest absolute Gasteiger partial charge is 0.257 e. The summed E-state index contributed by atoms with van der Waals surface area (Å²) < 4.78 is 5.58. The molecule has 0 saturated heterocycles. The average molecular weight is 323 g/mol. The zero-order valence-electron chi connectivity index (χ0n) is 12.3. The molecule has 5 nitrogen and oxygen atoms in total. The maximum Gasteiger partial charge on any atom is 0.257 e. The quantitative estimate of drug-likeness (QED) is 0.852. The Morgan fingerprint density at radius 3 is 2.71 bits per heavy atom. The van der Waals surface area contributed by atoms with E-state index in [1.807, 2.05) is 32.4 Å². The van der Waals surface area contributed by atoms with Gasteiger partial charge in [0.25, 0.3) is 5.91 Å². The van der Waals surface area contributed by atoms with Gasteiger partial charge < -0.3 is 4.74 Å². The summed E-state index contributed by atoms with van der Waals surface area (Å²) in [5, 5.41) is 6.01. The summed E-state index contributed by atoms with van der Waals surface area (Å²) in [5.74, 6) is 0.243. The standard InChI is InChI=1S/C14H17N3O2S2/c1-8(2)19-11-5-10(6-12(16-11)20-4)13(18)17-14-15-9(3)7-21-14/h5-8H,1-4H3,(H,15,17,18). The van der Waals surface area contributed by atoms with Crippen LogP contribution in [-0.2, 0) is 0 Å². The Kier molecular flexibility index (Phi) is 5.19. The van der Waals surface area contributed by atoms with Crippen LogP contribution in [-0.4, -0.2) is 28.2 Å². The number of hydrogen-bond donors (Lipinski definition) is 1. The van der Waals surface area contributed by atoms with Crippen molar-refractivity contribution >= 4 is 34.1 Å². The highest BCUT2D eigenvalue weighted by molar-refractivity contribution is 7.98. The van der Waals surface area contributed by atoms with Crippen molar-refractivity contribution < 1.29 is 9.53 Å². The van der Waals surface area contributed by atoms with Gasteiger partial charge in [0.15, 0.2) is 5.13 Å². The number of aryl methyl sites for hydroxylation is 1. The van der Waals surface area contributed by atoms with E-state index in [-0.39, 0.29) is 12.0 Å². The number of nitrogens with one attached hydrogen (secondary N) is 1. The topological polar surface area (TPSA) is 64.1 Å². The monoisotopic (exact) mass is 323 g/mol. The van der Waals surface area contributed by atoms with Gasteiger partial charge in [0.05, 0.1) is 11.8 Å². The van der Waals surface area contributed by atoms with E-state index in [9.17, 15) is 4.79 Å². The van der Waals surface area contributed by atoms with Crippen LogP contribution >= 0.6 is 23.1 Å². The van der Waals surface area contributed by atoms with E-state index in [2.05, 4.69) is 15.3 Å². The number of carbonyl (C=O) groups is 1. The van der Waals surface area contributed by atoms with Crippen LogP contribution in [0.5, 0.6) is 5.88 Å². The summed E-state index contributed by atoms with van der Waals surface area (Å²) in [7, 11) is 0. The number of thioether (sulfide) groups is 1. The molecule has 0 fully saturated rings. The third-order valence-corrected chi connectivity index (χ3v) is 3.95. The summed E-state index contributed by atoms with van der Waals surface area (Å²) in [6, 6.07) is 3.39. The summed E-state index contributed by atoms with van der Waals surface area (Å²) in [6.07, 6.45) is 1.92. The van der Waals surface area contributed by atoms with Crippen molar-refractivity contribution in [3.63, 3.8) is 0 Å². The van der Waals surface area contributed by atoms with Crippen LogP contribution in [0.4, 0.5) is 5.13 Å². The minimum atomic E-state index is -0.212. The van der Waals surface area contributed by atoms with Crippen LogP contribution in [0, 0.1) is 6.92 Å². The van der Waals surface area contributed by atoms with Crippen molar-refractivity contribution in [3.05, 3.63) is 28.8 Å². The Hall–Kier alpha value is -1.60. The second-order valence-corrected chi connectivity index (χ2v) is 6.34. The minimum absolute atomic E-state index is 0.00660. The molecule has 0 spiro atoms. The highest BCUT2D eigenvalue weighted by Gasteiger charge is 2.13. The molecule has 112 valence electrons. The average Bonchev–Trinajstić information content (AvgIpc) is 2.82. The van der Waals surface area contributed by atoms with Gasteiger partial charge in [0.1, 0.15) is 5.03 Å². The fourth-order valence-electron chi connectivity index (χ4n) is 1.60. The number of carbonyl (C=O) groups excluding carboxylic acids is 1. The third-order valence-electron chi connectivity index (χ3n) is 2.45. The number of rotatable bonds is 5. The lowest BCUT2D eigenvalue weighted by Gasteiger charge is -2.11. The fourth-order valence-corrected chi connectivity index (χ4v) is 2.71. The van der Waals surface area contributed by atoms with Gasteiger partial charge in [-0.2, -0.15) is 0 Å². The highest BCUT2D eigenvalue weighted by Crippen LogP contribution is 2.22. The van der Waals surface area contributed by atoms with Crippen LogP contribution in [0.1, 0.15) is 29.9 Å².